The van der Waals surface area contributed by atoms with Crippen molar-refractivity contribution in [3.05, 3.63) is 24.3 Å². The number of nitrogens with one attached hydrogen (secondary N) is 2. The molecule has 2 aliphatic rings. The van der Waals surface area contributed by atoms with Crippen molar-refractivity contribution in [3.8, 4) is 0 Å². The Morgan fingerprint density at radius 1 is 1.10 bits per heavy atom. The summed E-state index contributed by atoms with van der Waals surface area (Å²) in [6.45, 7) is 0.510. The zero-order valence-corrected chi connectivity index (χ0v) is 18.9. The van der Waals surface area contributed by atoms with Gasteiger partial charge in [-0.25, -0.2) is 34.3 Å². The highest BCUT2D eigenvalue weighted by atomic mass is 32.2. The number of sulfonamides is 2. The highest BCUT2D eigenvalue weighted by molar-refractivity contribution is 7.92. The molecule has 2 saturated heterocycles. The quantitative estimate of drug-likeness (QED) is 0.572. The van der Waals surface area contributed by atoms with Gasteiger partial charge >= 0.3 is 0 Å². The van der Waals surface area contributed by atoms with Crippen molar-refractivity contribution < 1.29 is 30.0 Å². The van der Waals surface area contributed by atoms with Gasteiger partial charge in [-0.3, -0.25) is 4.79 Å². The summed E-state index contributed by atoms with van der Waals surface area (Å²) in [7, 11) is -10.5. The number of benzene rings is 1. The number of carbonyl (C=O) groups excluding carboxylic acids is 1. The molecule has 2 heterocycles. The molecule has 30 heavy (non-hydrogen) atoms. The highest BCUT2D eigenvalue weighted by Crippen LogP contribution is 2.22. The molecule has 1 aromatic carbocycles. The maximum atomic E-state index is 12.5. The molecule has 0 bridgehead atoms. The molecule has 0 saturated carbocycles. The average molecular weight is 480 g/mol. The first kappa shape index (κ1) is 23.1. The molecule has 2 atom stereocenters. The Morgan fingerprint density at radius 2 is 1.77 bits per heavy atom. The van der Waals surface area contributed by atoms with E-state index in [4.69, 9.17) is 0 Å². The second-order valence-corrected chi connectivity index (χ2v) is 13.6. The van der Waals surface area contributed by atoms with Gasteiger partial charge in [0, 0.05) is 24.8 Å². The van der Waals surface area contributed by atoms with Crippen molar-refractivity contribution in [1.82, 2.24) is 9.03 Å². The molecule has 2 aliphatic heterocycles. The topological polar surface area (TPSA) is 147 Å². The largest absolute Gasteiger partial charge is 0.326 e. The monoisotopic (exact) mass is 479 g/mol. The highest BCUT2D eigenvalue weighted by Gasteiger charge is 2.32. The molecule has 13 heteroatoms. The van der Waals surface area contributed by atoms with Gasteiger partial charge in [0.2, 0.25) is 26.0 Å². The van der Waals surface area contributed by atoms with E-state index >= 15 is 0 Å². The van der Waals surface area contributed by atoms with Crippen LogP contribution in [0.5, 0.6) is 0 Å². The van der Waals surface area contributed by atoms with Crippen LogP contribution in [-0.2, 0) is 34.7 Å². The van der Waals surface area contributed by atoms with Crippen molar-refractivity contribution >= 4 is 41.5 Å². The molecule has 3 rings (SSSR count). The van der Waals surface area contributed by atoms with Gasteiger partial charge in [-0.1, -0.05) is 0 Å². The molecule has 2 fully saturated rings. The number of hydrogen-bond donors (Lipinski definition) is 2. The number of piperidine rings is 1. The minimum atomic E-state index is -3.88. The molecule has 1 amide bonds. The number of rotatable bonds is 6. The molecule has 0 aromatic heterocycles. The summed E-state index contributed by atoms with van der Waals surface area (Å²) in [6.07, 6.45) is 2.51. The van der Waals surface area contributed by atoms with E-state index in [1.54, 1.807) is 0 Å². The number of anilines is 1. The van der Waals surface area contributed by atoms with E-state index in [-0.39, 0.29) is 35.3 Å². The van der Waals surface area contributed by atoms with Gasteiger partial charge in [0.15, 0.2) is 9.84 Å². The third kappa shape index (κ3) is 5.78. The van der Waals surface area contributed by atoms with Crippen LogP contribution >= 0.6 is 0 Å². The van der Waals surface area contributed by atoms with E-state index in [0.717, 1.165) is 6.26 Å². The maximum absolute atomic E-state index is 12.5. The van der Waals surface area contributed by atoms with Crippen molar-refractivity contribution in [3.63, 3.8) is 0 Å². The van der Waals surface area contributed by atoms with Gasteiger partial charge in [-0.05, 0) is 43.5 Å². The Bertz CT molecular complexity index is 1110. The van der Waals surface area contributed by atoms with Gasteiger partial charge in [0.25, 0.3) is 0 Å². The molecule has 2 unspecified atom stereocenters. The summed E-state index contributed by atoms with van der Waals surface area (Å²) >= 11 is 0. The molecular weight excluding hydrogens is 454 g/mol. The normalized spacial score (nSPS) is 25.1. The Kier molecular flexibility index (Phi) is 6.58. The van der Waals surface area contributed by atoms with Crippen molar-refractivity contribution in [2.24, 2.45) is 5.92 Å². The molecule has 10 nitrogen and oxygen atoms in total. The van der Waals surface area contributed by atoms with Gasteiger partial charge < -0.3 is 5.32 Å². The standard InChI is InChI=1S/C17H25N3O7S3/c1-28(22,23)20-9-2-3-13(11-20)17(21)18-14-4-6-16(7-5-14)30(26,27)19-15-8-10-29(24,25)12-15/h4-7,13,15,19H,2-3,8-12H2,1H3,(H,18,21). The summed E-state index contributed by atoms with van der Waals surface area (Å²) in [5.74, 6) is -1.06. The molecule has 0 spiro atoms. The second-order valence-electron chi connectivity index (χ2n) is 7.70. The average Bonchev–Trinajstić information content (AvgIpc) is 2.99. The van der Waals surface area contributed by atoms with Crippen LogP contribution in [0.15, 0.2) is 29.2 Å². The molecule has 2 N–H and O–H groups in total. The van der Waals surface area contributed by atoms with Crippen molar-refractivity contribution in [2.75, 3.05) is 36.2 Å². The predicted octanol–water partition coefficient (Wildman–Crippen LogP) is -0.238. The van der Waals surface area contributed by atoms with Crippen LogP contribution in [0.3, 0.4) is 0 Å². The second kappa shape index (κ2) is 8.54. The Hall–Kier alpha value is -1.54. The fraction of sp³-hybridized carbons (Fsp3) is 0.588. The summed E-state index contributed by atoms with van der Waals surface area (Å²) < 4.78 is 75.0. The van der Waals surface area contributed by atoms with Crippen LogP contribution in [0.1, 0.15) is 19.3 Å². The van der Waals surface area contributed by atoms with Crippen molar-refractivity contribution in [2.45, 2.75) is 30.2 Å². The summed E-state index contributed by atoms with van der Waals surface area (Å²) in [5, 5.41) is 2.69. The van der Waals surface area contributed by atoms with Crippen molar-refractivity contribution in [1.29, 1.82) is 0 Å². The van der Waals surface area contributed by atoms with Gasteiger partial charge in [0.1, 0.15) is 0 Å². The third-order valence-corrected chi connectivity index (χ3v) is 9.78. The van der Waals surface area contributed by atoms with E-state index in [2.05, 4.69) is 10.0 Å². The first-order chi connectivity index (χ1) is 13.9. The van der Waals surface area contributed by atoms with Gasteiger partial charge in [0.05, 0.1) is 28.6 Å². The van der Waals surface area contributed by atoms with E-state index in [1.807, 2.05) is 0 Å². The third-order valence-electron chi connectivity index (χ3n) is 5.21. The zero-order valence-electron chi connectivity index (χ0n) is 16.4. The molecular formula is C17H25N3O7S3. The molecule has 1 aromatic rings. The number of sulfone groups is 1. The Balaban J connectivity index is 1.62. The Morgan fingerprint density at radius 3 is 2.33 bits per heavy atom. The number of nitrogens with zero attached hydrogens (tertiary/aromatic N) is 1. The zero-order chi connectivity index (χ0) is 22.2. The summed E-state index contributed by atoms with van der Waals surface area (Å²) in [4.78, 5) is 12.5. The number of amides is 1. The van der Waals surface area contributed by atoms with Crippen LogP contribution in [-0.4, -0.2) is 72.4 Å². The van der Waals surface area contributed by atoms with Gasteiger partial charge in [-0.2, -0.15) is 0 Å². The van der Waals surface area contributed by atoms with Gasteiger partial charge in [-0.15, -0.1) is 0 Å². The smallest absolute Gasteiger partial charge is 0.240 e. The lowest BCUT2D eigenvalue weighted by molar-refractivity contribution is -0.120. The van der Waals surface area contributed by atoms with Crippen LogP contribution in [0.2, 0.25) is 0 Å². The molecule has 0 radical (unpaired) electrons. The lowest BCUT2D eigenvalue weighted by atomic mass is 9.99. The van der Waals surface area contributed by atoms with E-state index in [9.17, 15) is 30.0 Å². The SMILES string of the molecule is CS(=O)(=O)N1CCCC(C(=O)Nc2ccc(S(=O)(=O)NC3CCS(=O)(=O)C3)cc2)C1. The van der Waals surface area contributed by atoms with Crippen LogP contribution in [0.4, 0.5) is 5.69 Å². The van der Waals surface area contributed by atoms with E-state index in [1.165, 1.54) is 28.6 Å². The fourth-order valence-corrected chi connectivity index (χ4v) is 7.56. The van der Waals surface area contributed by atoms with Crippen LogP contribution in [0.25, 0.3) is 0 Å². The lowest BCUT2D eigenvalue weighted by Gasteiger charge is -2.30. The Labute approximate surface area is 177 Å². The number of hydrogen-bond acceptors (Lipinski definition) is 7. The minimum Gasteiger partial charge on any atom is -0.326 e. The first-order valence-corrected chi connectivity index (χ1v) is 14.6. The minimum absolute atomic E-state index is 0.0364. The number of carbonyl (C=O) groups is 1. The lowest BCUT2D eigenvalue weighted by Crippen LogP contribution is -2.43. The van der Waals surface area contributed by atoms with Crippen LogP contribution < -0.4 is 10.0 Å². The summed E-state index contributed by atoms with van der Waals surface area (Å²) in [6, 6.07) is 4.88. The first-order valence-electron chi connectivity index (χ1n) is 9.44. The predicted molar refractivity (Wildman–Crippen MR) is 112 cm³/mol. The molecule has 168 valence electrons. The fourth-order valence-electron chi connectivity index (χ4n) is 3.59. The van der Waals surface area contributed by atoms with E-state index in [0.29, 0.717) is 25.1 Å². The molecule has 0 aliphatic carbocycles. The van der Waals surface area contributed by atoms with Crippen LogP contribution in [0, 0.1) is 5.92 Å². The maximum Gasteiger partial charge on any atom is 0.240 e. The van der Waals surface area contributed by atoms with E-state index < -0.39 is 41.8 Å². The summed E-state index contributed by atoms with van der Waals surface area (Å²) in [5.41, 5.74) is 0.388.